The van der Waals surface area contributed by atoms with Crippen LogP contribution in [0.25, 0.3) is 88.0 Å². The molecule has 0 unspecified atom stereocenters. The van der Waals surface area contributed by atoms with Gasteiger partial charge < -0.3 is 4.90 Å². The molecule has 0 heterocycles. The lowest BCUT2D eigenvalue weighted by atomic mass is 9.90. The molecule has 0 spiro atoms. The van der Waals surface area contributed by atoms with E-state index in [0.717, 1.165) is 53.9 Å². The zero-order valence-electron chi connectivity index (χ0n) is 44.7. The van der Waals surface area contributed by atoms with Crippen molar-refractivity contribution in [2.45, 2.75) is 0 Å². The molecular formula is C60H41N. The second-order valence-electron chi connectivity index (χ2n) is 14.7. The molecular weight excluding hydrogens is 735 g/mol. The van der Waals surface area contributed by atoms with Crippen LogP contribution >= 0.6 is 0 Å². The standard InChI is InChI=1S/C60H41N/c1-3-11-42(12-4-1)43-19-21-44(22-20-43)45-25-33-53(34-26-45)61(54-35-27-46(28-36-54)51-32-39-57-52(41-51)24-23-47-13-7-9-17-56(47)57)55-37-29-49(30-38-55)59-40-31-48-14-8-10-18-58(48)60(59)50-15-5-2-6-16-50/h1-41H/i25D,26D,27D,28D,29D,30D,33D,34D,35D,36D,37D,38D. The molecule has 0 N–H and O–H groups in total. The fourth-order valence-electron chi connectivity index (χ4n) is 8.04. The summed E-state index contributed by atoms with van der Waals surface area (Å²) in [6.07, 6.45) is 0. The minimum Gasteiger partial charge on any atom is -0.311 e. The number of fused-ring (bicyclic) bond motifs is 4. The third-order valence-corrected chi connectivity index (χ3v) is 11.1. The Hall–Kier alpha value is -8.00. The highest BCUT2D eigenvalue weighted by atomic mass is 15.1. The van der Waals surface area contributed by atoms with Crippen molar-refractivity contribution < 1.29 is 16.4 Å². The molecule has 286 valence electrons. The lowest BCUT2D eigenvalue weighted by Gasteiger charge is -2.26. The molecule has 0 fully saturated rings. The Morgan fingerprint density at radius 1 is 0.262 bits per heavy atom. The van der Waals surface area contributed by atoms with Gasteiger partial charge in [0.15, 0.2) is 0 Å². The quantitative estimate of drug-likeness (QED) is 0.139. The molecule has 0 bridgehead atoms. The van der Waals surface area contributed by atoms with Crippen LogP contribution in [0, 0.1) is 0 Å². The first kappa shape index (κ1) is 25.5. The van der Waals surface area contributed by atoms with E-state index in [1.165, 1.54) is 0 Å². The summed E-state index contributed by atoms with van der Waals surface area (Å²) in [4.78, 5) is 0.864. The molecule has 0 saturated carbocycles. The monoisotopic (exact) mass is 787 g/mol. The van der Waals surface area contributed by atoms with E-state index in [1.807, 2.05) is 146 Å². The highest BCUT2D eigenvalue weighted by Gasteiger charge is 2.16. The maximum absolute atomic E-state index is 9.80. The second-order valence-corrected chi connectivity index (χ2v) is 14.7. The van der Waals surface area contributed by atoms with E-state index in [2.05, 4.69) is 0 Å². The van der Waals surface area contributed by atoms with Crippen molar-refractivity contribution in [2.24, 2.45) is 0 Å². The fraction of sp³-hybridized carbons (Fsp3) is 0. The summed E-state index contributed by atoms with van der Waals surface area (Å²) < 4.78 is 116. The van der Waals surface area contributed by atoms with Crippen molar-refractivity contribution in [1.82, 2.24) is 0 Å². The van der Waals surface area contributed by atoms with Crippen molar-refractivity contribution >= 4 is 49.4 Å². The van der Waals surface area contributed by atoms with E-state index >= 15 is 0 Å². The highest BCUT2D eigenvalue weighted by Crippen LogP contribution is 2.42. The third kappa shape index (κ3) is 6.93. The molecule has 0 aromatic heterocycles. The van der Waals surface area contributed by atoms with Crippen molar-refractivity contribution in [2.75, 3.05) is 4.90 Å². The van der Waals surface area contributed by atoms with E-state index in [4.69, 9.17) is 0 Å². The van der Waals surface area contributed by atoms with Gasteiger partial charge >= 0.3 is 0 Å². The van der Waals surface area contributed by atoms with Crippen molar-refractivity contribution in [1.29, 1.82) is 0 Å². The first-order valence-corrected chi connectivity index (χ1v) is 20.0. The number of benzene rings is 11. The largest absolute Gasteiger partial charge is 0.311 e. The van der Waals surface area contributed by atoms with Gasteiger partial charge in [-0.3, -0.25) is 0 Å². The van der Waals surface area contributed by atoms with Gasteiger partial charge in [-0.1, -0.05) is 206 Å². The Labute approximate surface area is 373 Å². The Bertz CT molecular complexity index is 3960. The van der Waals surface area contributed by atoms with Gasteiger partial charge in [-0.2, -0.15) is 0 Å². The first-order chi connectivity index (χ1) is 35.3. The summed E-state index contributed by atoms with van der Waals surface area (Å²) in [5, 5.41) is 5.42. The number of hydrogen-bond donors (Lipinski definition) is 0. The van der Waals surface area contributed by atoms with E-state index in [9.17, 15) is 16.4 Å². The lowest BCUT2D eigenvalue weighted by molar-refractivity contribution is 1.28. The van der Waals surface area contributed by atoms with Crippen LogP contribution in [0.1, 0.15) is 16.4 Å². The zero-order chi connectivity index (χ0) is 51.0. The predicted octanol–water partition coefficient (Wildman–Crippen LogP) is 17.0. The van der Waals surface area contributed by atoms with Crippen LogP contribution in [0.15, 0.2) is 248 Å². The zero-order valence-corrected chi connectivity index (χ0v) is 32.7. The van der Waals surface area contributed by atoms with Crippen LogP contribution in [-0.4, -0.2) is 0 Å². The Morgan fingerprint density at radius 3 is 1.30 bits per heavy atom. The fourth-order valence-corrected chi connectivity index (χ4v) is 8.04. The van der Waals surface area contributed by atoms with Crippen LogP contribution in [0.4, 0.5) is 17.1 Å². The maximum atomic E-state index is 9.80. The van der Waals surface area contributed by atoms with E-state index in [0.29, 0.717) is 22.3 Å². The molecule has 0 amide bonds. The average molecular weight is 788 g/mol. The molecule has 1 nitrogen and oxygen atoms in total. The molecule has 11 aromatic rings. The van der Waals surface area contributed by atoms with Crippen LogP contribution < -0.4 is 4.90 Å². The molecule has 0 aliphatic rings. The summed E-state index contributed by atoms with van der Waals surface area (Å²) in [7, 11) is 0. The molecule has 0 aliphatic heterocycles. The molecule has 0 aliphatic carbocycles. The van der Waals surface area contributed by atoms with Gasteiger partial charge in [-0.05, 0) is 130 Å². The van der Waals surface area contributed by atoms with Gasteiger partial charge in [0.2, 0.25) is 0 Å². The highest BCUT2D eigenvalue weighted by molar-refractivity contribution is 6.08. The third-order valence-electron chi connectivity index (χ3n) is 11.1. The number of anilines is 3. The molecule has 1 heteroatoms. The molecule has 0 saturated heterocycles. The van der Waals surface area contributed by atoms with Gasteiger partial charge in [0, 0.05) is 17.1 Å². The normalized spacial score (nSPS) is 14.0. The van der Waals surface area contributed by atoms with E-state index in [1.54, 1.807) is 30.3 Å². The van der Waals surface area contributed by atoms with Crippen LogP contribution in [-0.2, 0) is 0 Å². The van der Waals surface area contributed by atoms with Crippen molar-refractivity contribution in [3.05, 3.63) is 248 Å². The van der Waals surface area contributed by atoms with Crippen LogP contribution in [0.5, 0.6) is 0 Å². The second kappa shape index (κ2) is 15.6. The first-order valence-electron chi connectivity index (χ1n) is 26.0. The number of rotatable bonds is 8. The number of nitrogens with zero attached hydrogens (tertiary/aromatic N) is 1. The van der Waals surface area contributed by atoms with E-state index in [-0.39, 0.29) is 16.7 Å². The summed E-state index contributed by atoms with van der Waals surface area (Å²) in [6, 6.07) is 47.2. The average Bonchev–Trinajstić information content (AvgIpc) is 3.42. The number of hydrogen-bond acceptors (Lipinski definition) is 1. The van der Waals surface area contributed by atoms with Gasteiger partial charge in [-0.25, -0.2) is 0 Å². The maximum Gasteiger partial charge on any atom is 0.0645 e. The molecule has 0 atom stereocenters. The lowest BCUT2D eigenvalue weighted by Crippen LogP contribution is -2.09. The summed E-state index contributed by atoms with van der Waals surface area (Å²) in [5.41, 5.74) is 2.41. The van der Waals surface area contributed by atoms with Gasteiger partial charge in [0.05, 0.1) is 16.4 Å². The van der Waals surface area contributed by atoms with Gasteiger partial charge in [0.1, 0.15) is 0 Å². The Kier molecular flexibility index (Phi) is 6.53. The Morgan fingerprint density at radius 2 is 0.672 bits per heavy atom. The molecule has 11 rings (SSSR count). The SMILES string of the molecule is [2H]c1c([2H])c(N(c2c([2H])c([2H])c(-c3ccc4c(ccc5ccccc54)c3)c([2H])c2[2H])c2c([2H])c([2H])c(-c3ccc4ccccc4c3-c3ccccc3)c([2H])c2[2H])c([2H])c([2H])c1-c1ccc(-c2ccccc2)cc1. The smallest absolute Gasteiger partial charge is 0.0645 e. The Balaban J connectivity index is 1.16. The van der Waals surface area contributed by atoms with Gasteiger partial charge in [0.25, 0.3) is 0 Å². The van der Waals surface area contributed by atoms with E-state index < -0.39 is 89.6 Å². The van der Waals surface area contributed by atoms with Gasteiger partial charge in [-0.15, -0.1) is 0 Å². The van der Waals surface area contributed by atoms with Crippen LogP contribution in [0.3, 0.4) is 0 Å². The summed E-state index contributed by atoms with van der Waals surface area (Å²) in [6.45, 7) is 0. The summed E-state index contributed by atoms with van der Waals surface area (Å²) >= 11 is 0. The topological polar surface area (TPSA) is 3.24 Å². The minimum atomic E-state index is -0.677. The summed E-state index contributed by atoms with van der Waals surface area (Å²) in [5.74, 6) is 0. The minimum absolute atomic E-state index is 0.0535. The van der Waals surface area contributed by atoms with Crippen molar-refractivity contribution in [3.8, 4) is 55.6 Å². The van der Waals surface area contributed by atoms with Crippen LogP contribution in [0.2, 0.25) is 0 Å². The predicted molar refractivity (Wildman–Crippen MR) is 261 cm³/mol. The van der Waals surface area contributed by atoms with Crippen molar-refractivity contribution in [3.63, 3.8) is 0 Å². The molecule has 11 aromatic carbocycles. The molecule has 61 heavy (non-hydrogen) atoms. The molecule has 0 radical (unpaired) electrons.